The fourth-order valence-corrected chi connectivity index (χ4v) is 3.88. The summed E-state index contributed by atoms with van der Waals surface area (Å²) in [6, 6.07) is 7.90. The third-order valence-corrected chi connectivity index (χ3v) is 5.52. The Morgan fingerprint density at radius 1 is 1.19 bits per heavy atom. The molecule has 0 spiro atoms. The Labute approximate surface area is 164 Å². The molecule has 0 radical (unpaired) electrons. The molecule has 140 valence electrons. The number of rotatable bonds is 7. The summed E-state index contributed by atoms with van der Waals surface area (Å²) in [6.45, 7) is 2.47. The predicted molar refractivity (Wildman–Crippen MR) is 112 cm³/mol. The Morgan fingerprint density at radius 3 is 2.54 bits per heavy atom. The highest BCUT2D eigenvalue weighted by Gasteiger charge is 2.11. The number of hydrogen-bond donors (Lipinski definition) is 2. The minimum atomic E-state index is -0.0989. The molecule has 26 heavy (non-hydrogen) atoms. The lowest BCUT2D eigenvalue weighted by Crippen LogP contribution is -2.25. The third-order valence-electron chi connectivity index (χ3n) is 4.13. The quantitative estimate of drug-likeness (QED) is 0.695. The second kappa shape index (κ2) is 11.1. The predicted octanol–water partition coefficient (Wildman–Crippen LogP) is 3.81. The van der Waals surface area contributed by atoms with E-state index in [1.807, 2.05) is 49.2 Å². The number of thioether (sulfide) groups is 2. The summed E-state index contributed by atoms with van der Waals surface area (Å²) >= 11 is 3.44. The van der Waals surface area contributed by atoms with Crippen molar-refractivity contribution in [3.05, 3.63) is 58.5 Å². The minimum absolute atomic E-state index is 0.0173. The van der Waals surface area contributed by atoms with E-state index in [0.717, 1.165) is 35.5 Å². The Hall–Kier alpha value is -1.66. The highest BCUT2D eigenvalue weighted by Crippen LogP contribution is 2.21. The molecular formula is C20H26N2O2S2. The molecule has 0 aliphatic carbocycles. The molecule has 0 unspecified atom stereocenters. The highest BCUT2D eigenvalue weighted by atomic mass is 32.2. The van der Waals surface area contributed by atoms with Gasteiger partial charge in [-0.05, 0) is 54.1 Å². The lowest BCUT2D eigenvalue weighted by atomic mass is 10.1. The van der Waals surface area contributed by atoms with E-state index in [1.54, 1.807) is 11.5 Å². The van der Waals surface area contributed by atoms with E-state index in [4.69, 9.17) is 0 Å². The van der Waals surface area contributed by atoms with E-state index in [-0.39, 0.29) is 17.9 Å². The van der Waals surface area contributed by atoms with Gasteiger partial charge in [-0.25, -0.2) is 0 Å². The molecule has 1 aliphatic rings. The monoisotopic (exact) mass is 390 g/mol. The zero-order chi connectivity index (χ0) is 18.8. The molecule has 1 aromatic carbocycles. The van der Waals surface area contributed by atoms with Crippen LogP contribution < -0.4 is 10.6 Å². The molecule has 2 rings (SSSR count). The van der Waals surface area contributed by atoms with Crippen molar-refractivity contribution in [2.75, 3.05) is 17.8 Å². The Kier molecular flexibility index (Phi) is 8.85. The largest absolute Gasteiger partial charge is 0.348 e. The summed E-state index contributed by atoms with van der Waals surface area (Å²) in [5.41, 5.74) is 3.32. The van der Waals surface area contributed by atoms with E-state index < -0.39 is 0 Å². The third kappa shape index (κ3) is 7.30. The normalized spacial score (nSPS) is 15.5. The van der Waals surface area contributed by atoms with Gasteiger partial charge in [-0.1, -0.05) is 29.8 Å². The number of hydrogen-bond acceptors (Lipinski definition) is 4. The Bertz CT molecular complexity index is 661. The van der Waals surface area contributed by atoms with Crippen LogP contribution in [0, 0.1) is 0 Å². The van der Waals surface area contributed by atoms with Crippen LogP contribution in [-0.2, 0) is 16.1 Å². The standard InChI is InChI=1S/C20H26N2O2S2/c1-15(22-20(24)13-16-7-11-26-12-8-16)18-5-3-17(4-6-18)14-21-19(23)9-10-25-2/h3-6,9-10,13,15H,7-8,11-12,14H2,1-2H3,(H,21,23)(H,22,24)/b10-9+/t15-/m1/s1. The number of amides is 2. The van der Waals surface area contributed by atoms with Crippen LogP contribution >= 0.6 is 23.5 Å². The maximum Gasteiger partial charge on any atom is 0.244 e. The Balaban J connectivity index is 1.83. The van der Waals surface area contributed by atoms with Crippen molar-refractivity contribution in [1.29, 1.82) is 0 Å². The molecule has 1 heterocycles. The number of carbonyl (C=O) groups excluding carboxylic acids is 2. The van der Waals surface area contributed by atoms with Crippen molar-refractivity contribution < 1.29 is 9.59 Å². The van der Waals surface area contributed by atoms with E-state index in [2.05, 4.69) is 10.6 Å². The van der Waals surface area contributed by atoms with E-state index in [1.165, 1.54) is 23.4 Å². The fourth-order valence-electron chi connectivity index (χ4n) is 2.60. The zero-order valence-electron chi connectivity index (χ0n) is 15.3. The van der Waals surface area contributed by atoms with Crippen LogP contribution in [0.3, 0.4) is 0 Å². The number of benzene rings is 1. The van der Waals surface area contributed by atoms with Crippen molar-refractivity contribution in [1.82, 2.24) is 10.6 Å². The van der Waals surface area contributed by atoms with Gasteiger partial charge in [-0.2, -0.15) is 11.8 Å². The summed E-state index contributed by atoms with van der Waals surface area (Å²) in [5, 5.41) is 7.63. The molecular weight excluding hydrogens is 364 g/mol. The van der Waals surface area contributed by atoms with Crippen LogP contribution in [0.5, 0.6) is 0 Å². The van der Waals surface area contributed by atoms with Gasteiger partial charge in [0.15, 0.2) is 0 Å². The van der Waals surface area contributed by atoms with Crippen LogP contribution in [0.1, 0.15) is 36.9 Å². The van der Waals surface area contributed by atoms with E-state index in [0.29, 0.717) is 6.54 Å². The minimum Gasteiger partial charge on any atom is -0.348 e. The molecule has 1 aliphatic heterocycles. The molecule has 0 aromatic heterocycles. The first-order valence-corrected chi connectivity index (χ1v) is 11.2. The molecule has 2 N–H and O–H groups in total. The topological polar surface area (TPSA) is 58.2 Å². The van der Waals surface area contributed by atoms with Gasteiger partial charge in [0.05, 0.1) is 6.04 Å². The van der Waals surface area contributed by atoms with Gasteiger partial charge in [0, 0.05) is 18.7 Å². The molecule has 1 aromatic rings. The van der Waals surface area contributed by atoms with Crippen LogP contribution in [-0.4, -0.2) is 29.6 Å². The molecule has 2 amide bonds. The first-order valence-electron chi connectivity index (χ1n) is 8.72. The van der Waals surface area contributed by atoms with Gasteiger partial charge in [0.25, 0.3) is 0 Å². The molecule has 1 fully saturated rings. The maximum atomic E-state index is 12.2. The zero-order valence-corrected chi connectivity index (χ0v) is 16.9. The van der Waals surface area contributed by atoms with Crippen molar-refractivity contribution >= 4 is 35.3 Å². The van der Waals surface area contributed by atoms with Crippen LogP contribution in [0.15, 0.2) is 47.4 Å². The second-order valence-corrected chi connectivity index (χ2v) is 8.11. The van der Waals surface area contributed by atoms with Crippen LogP contribution in [0.2, 0.25) is 0 Å². The summed E-state index contributed by atoms with van der Waals surface area (Å²) < 4.78 is 0. The van der Waals surface area contributed by atoms with E-state index >= 15 is 0 Å². The molecule has 4 nitrogen and oxygen atoms in total. The number of allylic oxidation sites excluding steroid dienone is 1. The molecule has 1 saturated heterocycles. The first-order chi connectivity index (χ1) is 12.6. The second-order valence-electron chi connectivity index (χ2n) is 6.14. The summed E-state index contributed by atoms with van der Waals surface area (Å²) in [5.74, 6) is 2.11. The lowest BCUT2D eigenvalue weighted by Gasteiger charge is -2.16. The van der Waals surface area contributed by atoms with Gasteiger partial charge in [0.2, 0.25) is 11.8 Å². The average molecular weight is 391 g/mol. The van der Waals surface area contributed by atoms with Crippen molar-refractivity contribution in [2.24, 2.45) is 0 Å². The van der Waals surface area contributed by atoms with Gasteiger partial charge in [-0.3, -0.25) is 9.59 Å². The van der Waals surface area contributed by atoms with Crippen molar-refractivity contribution in [2.45, 2.75) is 32.4 Å². The van der Waals surface area contributed by atoms with Gasteiger partial charge >= 0.3 is 0 Å². The van der Waals surface area contributed by atoms with Crippen molar-refractivity contribution in [3.8, 4) is 0 Å². The Morgan fingerprint density at radius 2 is 1.88 bits per heavy atom. The SMILES string of the molecule is CS/C=C/C(=O)NCc1ccc([C@@H](C)NC(=O)C=C2CCSCC2)cc1. The van der Waals surface area contributed by atoms with Gasteiger partial charge in [0.1, 0.15) is 0 Å². The summed E-state index contributed by atoms with van der Waals surface area (Å²) in [7, 11) is 0. The molecule has 0 bridgehead atoms. The van der Waals surface area contributed by atoms with E-state index in [9.17, 15) is 9.59 Å². The average Bonchev–Trinajstić information content (AvgIpc) is 2.65. The van der Waals surface area contributed by atoms with Gasteiger partial charge < -0.3 is 10.6 Å². The smallest absolute Gasteiger partial charge is 0.244 e. The highest BCUT2D eigenvalue weighted by molar-refractivity contribution is 8.01. The van der Waals surface area contributed by atoms with Crippen molar-refractivity contribution in [3.63, 3.8) is 0 Å². The molecule has 1 atom stereocenters. The van der Waals surface area contributed by atoms with Crippen LogP contribution in [0.4, 0.5) is 0 Å². The number of carbonyl (C=O) groups is 2. The van der Waals surface area contributed by atoms with Crippen LogP contribution in [0.25, 0.3) is 0 Å². The number of nitrogens with one attached hydrogen (secondary N) is 2. The summed E-state index contributed by atoms with van der Waals surface area (Å²) in [4.78, 5) is 23.7. The molecule has 6 heteroatoms. The maximum absolute atomic E-state index is 12.2. The lowest BCUT2D eigenvalue weighted by molar-refractivity contribution is -0.117. The first kappa shape index (κ1) is 20.6. The molecule has 0 saturated carbocycles. The van der Waals surface area contributed by atoms with Gasteiger partial charge in [-0.15, -0.1) is 11.8 Å². The fraction of sp³-hybridized carbons (Fsp3) is 0.400. The summed E-state index contributed by atoms with van der Waals surface area (Å²) in [6.07, 6.45) is 7.23.